The summed E-state index contributed by atoms with van der Waals surface area (Å²) in [6.45, 7) is 11.0. The number of nitrogens with one attached hydrogen (secondary N) is 1. The van der Waals surface area contributed by atoms with Crippen molar-refractivity contribution in [1.82, 2.24) is 15.1 Å². The van der Waals surface area contributed by atoms with Crippen LogP contribution in [0.15, 0.2) is 0 Å². The molecule has 1 aliphatic carbocycles. The molecule has 0 amide bonds. The molecule has 1 N–H and O–H groups in total. The molecule has 2 heterocycles. The van der Waals surface area contributed by atoms with Crippen molar-refractivity contribution in [3.63, 3.8) is 0 Å². The van der Waals surface area contributed by atoms with Gasteiger partial charge in [-0.05, 0) is 44.7 Å². The molecule has 0 aromatic heterocycles. The Morgan fingerprint density at radius 3 is 2.35 bits per heavy atom. The van der Waals surface area contributed by atoms with Gasteiger partial charge in [-0.25, -0.2) is 0 Å². The predicted molar refractivity (Wildman–Crippen MR) is 82.0 cm³/mol. The molecule has 4 nitrogen and oxygen atoms in total. The summed E-state index contributed by atoms with van der Waals surface area (Å²) < 4.78 is 5.39. The highest BCUT2D eigenvalue weighted by atomic mass is 16.5. The molecule has 2 aliphatic heterocycles. The molecule has 2 saturated heterocycles. The number of likely N-dealkylation sites (tertiary alicyclic amines) is 1. The summed E-state index contributed by atoms with van der Waals surface area (Å²) in [6.07, 6.45) is 5.54. The summed E-state index contributed by atoms with van der Waals surface area (Å²) in [6, 6.07) is 0. The van der Waals surface area contributed by atoms with E-state index in [4.69, 9.17) is 4.74 Å². The van der Waals surface area contributed by atoms with E-state index in [1.807, 2.05) is 7.11 Å². The number of methoxy groups -OCH3 is 1. The smallest absolute Gasteiger partial charge is 0.0530 e. The van der Waals surface area contributed by atoms with Crippen molar-refractivity contribution in [2.45, 2.75) is 25.7 Å². The molecule has 0 atom stereocenters. The summed E-state index contributed by atoms with van der Waals surface area (Å²) in [5.41, 5.74) is 0.528. The average molecular weight is 281 g/mol. The van der Waals surface area contributed by atoms with Crippen LogP contribution < -0.4 is 5.32 Å². The van der Waals surface area contributed by atoms with Gasteiger partial charge in [0.2, 0.25) is 0 Å². The zero-order valence-electron chi connectivity index (χ0n) is 13.1. The van der Waals surface area contributed by atoms with Gasteiger partial charge in [-0.2, -0.15) is 0 Å². The second kappa shape index (κ2) is 6.73. The molecule has 0 aromatic carbocycles. The van der Waals surface area contributed by atoms with Gasteiger partial charge in [0.25, 0.3) is 0 Å². The molecule has 0 spiro atoms. The van der Waals surface area contributed by atoms with E-state index in [0.29, 0.717) is 5.41 Å². The molecule has 0 bridgehead atoms. The van der Waals surface area contributed by atoms with Crippen LogP contribution in [0.25, 0.3) is 0 Å². The molecule has 0 aromatic rings. The molecule has 1 saturated carbocycles. The molecule has 3 fully saturated rings. The van der Waals surface area contributed by atoms with Gasteiger partial charge >= 0.3 is 0 Å². The lowest BCUT2D eigenvalue weighted by Gasteiger charge is -2.37. The van der Waals surface area contributed by atoms with Crippen LogP contribution >= 0.6 is 0 Å². The second-order valence-corrected chi connectivity index (χ2v) is 7.20. The quantitative estimate of drug-likeness (QED) is 0.787. The third-order valence-corrected chi connectivity index (χ3v) is 5.40. The monoisotopic (exact) mass is 281 g/mol. The Morgan fingerprint density at radius 1 is 1.05 bits per heavy atom. The van der Waals surface area contributed by atoms with Crippen molar-refractivity contribution in [3.8, 4) is 0 Å². The van der Waals surface area contributed by atoms with Crippen LogP contribution in [0.4, 0.5) is 0 Å². The molecule has 0 radical (unpaired) electrons. The molecule has 3 rings (SSSR count). The lowest BCUT2D eigenvalue weighted by atomic mass is 9.94. The Kier molecular flexibility index (Phi) is 4.97. The lowest BCUT2D eigenvalue weighted by molar-refractivity contribution is 0.0824. The highest BCUT2D eigenvalue weighted by molar-refractivity contribution is 4.96. The first-order valence-electron chi connectivity index (χ1n) is 8.44. The standard InChI is InChI=1S/C16H31N3O/c1-20-14-16(4-5-16)13-19-8-2-15(3-9-19)12-18-10-6-17-7-11-18/h15,17H,2-14H2,1H3. The van der Waals surface area contributed by atoms with Crippen LogP contribution in [-0.4, -0.2) is 75.9 Å². The van der Waals surface area contributed by atoms with Gasteiger partial charge < -0.3 is 19.9 Å². The number of piperidine rings is 1. The third kappa shape index (κ3) is 3.94. The minimum absolute atomic E-state index is 0.528. The van der Waals surface area contributed by atoms with Gasteiger partial charge in [0.1, 0.15) is 0 Å². The van der Waals surface area contributed by atoms with E-state index >= 15 is 0 Å². The first-order valence-corrected chi connectivity index (χ1v) is 8.44. The van der Waals surface area contributed by atoms with E-state index in [-0.39, 0.29) is 0 Å². The normalized spacial score (nSPS) is 28.6. The van der Waals surface area contributed by atoms with Crippen molar-refractivity contribution in [2.75, 3.05) is 66.1 Å². The third-order valence-electron chi connectivity index (χ3n) is 5.40. The van der Waals surface area contributed by atoms with Crippen molar-refractivity contribution < 1.29 is 4.74 Å². The number of nitrogens with zero attached hydrogens (tertiary/aromatic N) is 2. The van der Waals surface area contributed by atoms with E-state index < -0.39 is 0 Å². The van der Waals surface area contributed by atoms with Crippen LogP contribution in [0.5, 0.6) is 0 Å². The van der Waals surface area contributed by atoms with Gasteiger partial charge in [-0.15, -0.1) is 0 Å². The molecule has 20 heavy (non-hydrogen) atoms. The summed E-state index contributed by atoms with van der Waals surface area (Å²) in [5.74, 6) is 0.932. The molecular weight excluding hydrogens is 250 g/mol. The molecule has 0 unspecified atom stereocenters. The zero-order valence-corrected chi connectivity index (χ0v) is 13.1. The maximum atomic E-state index is 5.39. The molecular formula is C16H31N3O. The fourth-order valence-corrected chi connectivity index (χ4v) is 3.89. The topological polar surface area (TPSA) is 27.7 Å². The van der Waals surface area contributed by atoms with Gasteiger partial charge in [-0.1, -0.05) is 0 Å². The number of piperazine rings is 1. The highest BCUT2D eigenvalue weighted by Crippen LogP contribution is 2.46. The minimum Gasteiger partial charge on any atom is -0.384 e. The SMILES string of the molecule is COCC1(CN2CCC(CN3CCNCC3)CC2)CC1. The predicted octanol–water partition coefficient (Wildman–Crippen LogP) is 1.03. The van der Waals surface area contributed by atoms with Crippen LogP contribution in [0, 0.1) is 11.3 Å². The molecule has 3 aliphatic rings. The van der Waals surface area contributed by atoms with Crippen molar-refractivity contribution in [2.24, 2.45) is 11.3 Å². The number of hydrogen-bond donors (Lipinski definition) is 1. The number of rotatable bonds is 6. The van der Waals surface area contributed by atoms with E-state index in [1.54, 1.807) is 0 Å². The summed E-state index contributed by atoms with van der Waals surface area (Å²) in [4.78, 5) is 5.35. The van der Waals surface area contributed by atoms with Gasteiger partial charge in [0, 0.05) is 51.8 Å². The Bertz CT molecular complexity index is 292. The Labute approximate surface area is 123 Å². The fraction of sp³-hybridized carbons (Fsp3) is 1.00. The lowest BCUT2D eigenvalue weighted by Crippen LogP contribution is -2.47. The van der Waals surface area contributed by atoms with E-state index in [1.165, 1.54) is 78.0 Å². The first-order chi connectivity index (χ1) is 9.80. The zero-order chi connectivity index (χ0) is 13.8. The Morgan fingerprint density at radius 2 is 1.75 bits per heavy atom. The molecule has 116 valence electrons. The van der Waals surface area contributed by atoms with E-state index in [9.17, 15) is 0 Å². The Hall–Kier alpha value is -0.160. The van der Waals surface area contributed by atoms with Gasteiger partial charge in [0.15, 0.2) is 0 Å². The average Bonchev–Trinajstić information content (AvgIpc) is 3.22. The largest absolute Gasteiger partial charge is 0.384 e. The van der Waals surface area contributed by atoms with Gasteiger partial charge in [-0.3, -0.25) is 0 Å². The highest BCUT2D eigenvalue weighted by Gasteiger charge is 2.44. The van der Waals surface area contributed by atoms with Crippen LogP contribution in [0.2, 0.25) is 0 Å². The maximum absolute atomic E-state index is 5.39. The second-order valence-electron chi connectivity index (χ2n) is 7.20. The van der Waals surface area contributed by atoms with E-state index in [2.05, 4.69) is 15.1 Å². The van der Waals surface area contributed by atoms with Crippen molar-refractivity contribution in [3.05, 3.63) is 0 Å². The number of ether oxygens (including phenoxy) is 1. The van der Waals surface area contributed by atoms with Crippen LogP contribution in [0.3, 0.4) is 0 Å². The first kappa shape index (κ1) is 14.8. The number of hydrogen-bond acceptors (Lipinski definition) is 4. The van der Waals surface area contributed by atoms with Gasteiger partial charge in [0.05, 0.1) is 6.61 Å². The summed E-state index contributed by atoms with van der Waals surface area (Å²) in [7, 11) is 1.85. The maximum Gasteiger partial charge on any atom is 0.0530 e. The van der Waals surface area contributed by atoms with Crippen LogP contribution in [0.1, 0.15) is 25.7 Å². The van der Waals surface area contributed by atoms with Crippen LogP contribution in [-0.2, 0) is 4.74 Å². The summed E-state index contributed by atoms with van der Waals surface area (Å²) >= 11 is 0. The molecule has 4 heteroatoms. The Balaban J connectivity index is 1.36. The summed E-state index contributed by atoms with van der Waals surface area (Å²) in [5, 5.41) is 3.44. The minimum atomic E-state index is 0.528. The van der Waals surface area contributed by atoms with Crippen molar-refractivity contribution in [1.29, 1.82) is 0 Å². The fourth-order valence-electron chi connectivity index (χ4n) is 3.89. The van der Waals surface area contributed by atoms with Crippen molar-refractivity contribution >= 4 is 0 Å². The van der Waals surface area contributed by atoms with E-state index in [0.717, 1.165) is 12.5 Å².